The van der Waals surface area contributed by atoms with Crippen molar-refractivity contribution < 1.29 is 5.11 Å². The molecular weight excluding hydrogens is 161 g/mol. The third-order valence-electron chi connectivity index (χ3n) is 2.54. The Morgan fingerprint density at radius 3 is 3.00 bits per heavy atom. The highest BCUT2D eigenvalue weighted by atomic mass is 16.3. The highest BCUT2D eigenvalue weighted by Crippen LogP contribution is 2.29. The molecule has 0 fully saturated rings. The summed E-state index contributed by atoms with van der Waals surface area (Å²) < 4.78 is 0. The van der Waals surface area contributed by atoms with Gasteiger partial charge in [-0.05, 0) is 30.0 Å². The molecule has 1 N–H and O–H groups in total. The van der Waals surface area contributed by atoms with Crippen LogP contribution in [0, 0.1) is 11.3 Å². The lowest BCUT2D eigenvalue weighted by molar-refractivity contribution is 0.180. The standard InChI is InChI=1S/C10H8BNO/c11-10-6(5-12)1-2-7-8(10)3-4-9(7)13/h1-2,9,13H,3-4H2/t9-/m0/s1. The number of nitrogens with zero attached hydrogens (tertiary/aromatic N) is 1. The van der Waals surface area contributed by atoms with Crippen molar-refractivity contribution in [1.29, 1.82) is 5.26 Å². The van der Waals surface area contributed by atoms with Crippen LogP contribution in [0.4, 0.5) is 0 Å². The zero-order valence-corrected chi connectivity index (χ0v) is 7.12. The van der Waals surface area contributed by atoms with Gasteiger partial charge in [-0.3, -0.25) is 0 Å². The first-order valence-electron chi connectivity index (χ1n) is 4.23. The lowest BCUT2D eigenvalue weighted by Gasteiger charge is -2.07. The number of rotatable bonds is 0. The molecule has 2 rings (SSSR count). The topological polar surface area (TPSA) is 44.0 Å². The predicted molar refractivity (Wildman–Crippen MR) is 49.8 cm³/mol. The summed E-state index contributed by atoms with van der Waals surface area (Å²) in [5.41, 5.74) is 2.88. The fourth-order valence-corrected chi connectivity index (χ4v) is 1.81. The molecule has 1 aliphatic carbocycles. The van der Waals surface area contributed by atoms with E-state index in [-0.39, 0.29) is 0 Å². The molecular formula is C10H8BNO. The van der Waals surface area contributed by atoms with Gasteiger partial charge in [0.1, 0.15) is 7.85 Å². The minimum atomic E-state index is -0.398. The van der Waals surface area contributed by atoms with Crippen LogP contribution in [-0.2, 0) is 6.42 Å². The van der Waals surface area contributed by atoms with Crippen LogP contribution >= 0.6 is 0 Å². The molecule has 0 aromatic heterocycles. The Kier molecular flexibility index (Phi) is 1.86. The van der Waals surface area contributed by atoms with Gasteiger partial charge in [0.25, 0.3) is 0 Å². The van der Waals surface area contributed by atoms with Crippen molar-refractivity contribution in [1.82, 2.24) is 0 Å². The van der Waals surface area contributed by atoms with Crippen LogP contribution in [0.1, 0.15) is 29.2 Å². The summed E-state index contributed by atoms with van der Waals surface area (Å²) in [7, 11) is 5.77. The molecule has 1 aliphatic rings. The van der Waals surface area contributed by atoms with E-state index in [0.29, 0.717) is 17.4 Å². The van der Waals surface area contributed by atoms with Crippen molar-refractivity contribution in [3.05, 3.63) is 28.8 Å². The van der Waals surface area contributed by atoms with E-state index in [0.717, 1.165) is 17.5 Å². The third kappa shape index (κ3) is 1.15. The Morgan fingerprint density at radius 2 is 2.31 bits per heavy atom. The number of fused-ring (bicyclic) bond motifs is 1. The Morgan fingerprint density at radius 1 is 1.54 bits per heavy atom. The molecule has 0 saturated carbocycles. The van der Waals surface area contributed by atoms with Gasteiger partial charge < -0.3 is 5.11 Å². The molecule has 1 aromatic rings. The minimum absolute atomic E-state index is 0.398. The van der Waals surface area contributed by atoms with E-state index in [4.69, 9.17) is 13.1 Å². The summed E-state index contributed by atoms with van der Waals surface area (Å²) in [5, 5.41) is 18.3. The van der Waals surface area contributed by atoms with Crippen LogP contribution in [0.2, 0.25) is 0 Å². The Balaban J connectivity index is 2.62. The average Bonchev–Trinajstić information content (AvgIpc) is 2.50. The largest absolute Gasteiger partial charge is 0.388 e. The average molecular weight is 169 g/mol. The second-order valence-corrected chi connectivity index (χ2v) is 3.26. The Hall–Kier alpha value is -1.27. The summed E-state index contributed by atoms with van der Waals surface area (Å²) in [6.07, 6.45) is 1.09. The van der Waals surface area contributed by atoms with Crippen LogP contribution in [0.3, 0.4) is 0 Å². The van der Waals surface area contributed by atoms with E-state index in [1.807, 2.05) is 6.07 Å². The maximum absolute atomic E-state index is 9.53. The lowest BCUT2D eigenvalue weighted by Crippen LogP contribution is -2.14. The summed E-state index contributed by atoms with van der Waals surface area (Å²) in [6, 6.07) is 5.50. The third-order valence-corrected chi connectivity index (χ3v) is 2.54. The lowest BCUT2D eigenvalue weighted by atomic mass is 9.84. The Bertz CT molecular complexity index is 395. The van der Waals surface area contributed by atoms with Crippen LogP contribution in [0.5, 0.6) is 0 Å². The number of benzene rings is 1. The van der Waals surface area contributed by atoms with Gasteiger partial charge in [-0.1, -0.05) is 11.5 Å². The van der Waals surface area contributed by atoms with E-state index >= 15 is 0 Å². The van der Waals surface area contributed by atoms with Gasteiger partial charge in [0.05, 0.1) is 12.2 Å². The molecule has 0 aliphatic heterocycles. The van der Waals surface area contributed by atoms with Crippen molar-refractivity contribution in [2.24, 2.45) is 0 Å². The van der Waals surface area contributed by atoms with Gasteiger partial charge in [0, 0.05) is 5.56 Å². The molecule has 3 heteroatoms. The van der Waals surface area contributed by atoms with Gasteiger partial charge in [0.15, 0.2) is 0 Å². The van der Waals surface area contributed by atoms with Crippen molar-refractivity contribution in [2.45, 2.75) is 18.9 Å². The Labute approximate surface area is 78.2 Å². The number of hydrogen-bond acceptors (Lipinski definition) is 2. The first-order valence-corrected chi connectivity index (χ1v) is 4.23. The smallest absolute Gasteiger partial charge is 0.116 e. The van der Waals surface area contributed by atoms with Crippen LogP contribution in [0.25, 0.3) is 0 Å². The molecule has 0 heterocycles. The summed E-state index contributed by atoms with van der Waals surface area (Å²) in [6.45, 7) is 0. The van der Waals surface area contributed by atoms with Crippen LogP contribution in [0.15, 0.2) is 12.1 Å². The second kappa shape index (κ2) is 2.90. The normalized spacial score (nSPS) is 19.5. The number of hydrogen-bond donors (Lipinski definition) is 1. The van der Waals surface area contributed by atoms with E-state index in [2.05, 4.69) is 0 Å². The molecule has 2 radical (unpaired) electrons. The molecule has 62 valence electrons. The van der Waals surface area contributed by atoms with Crippen molar-refractivity contribution in [3.8, 4) is 6.07 Å². The van der Waals surface area contributed by atoms with Gasteiger partial charge in [0.2, 0.25) is 0 Å². The number of aliphatic hydroxyl groups is 1. The highest BCUT2D eigenvalue weighted by molar-refractivity contribution is 6.35. The van der Waals surface area contributed by atoms with Crippen molar-refractivity contribution in [2.75, 3.05) is 0 Å². The maximum atomic E-state index is 9.53. The first kappa shape index (κ1) is 8.34. The molecule has 0 amide bonds. The van der Waals surface area contributed by atoms with Crippen molar-refractivity contribution in [3.63, 3.8) is 0 Å². The fraction of sp³-hybridized carbons (Fsp3) is 0.300. The molecule has 1 aromatic carbocycles. The van der Waals surface area contributed by atoms with Crippen LogP contribution in [-0.4, -0.2) is 13.0 Å². The molecule has 0 spiro atoms. The summed E-state index contributed by atoms with van der Waals surface area (Å²) in [4.78, 5) is 0. The molecule has 13 heavy (non-hydrogen) atoms. The highest BCUT2D eigenvalue weighted by Gasteiger charge is 2.22. The molecule has 0 unspecified atom stereocenters. The van der Waals surface area contributed by atoms with E-state index in [1.165, 1.54) is 0 Å². The molecule has 1 atom stereocenters. The van der Waals surface area contributed by atoms with E-state index in [9.17, 15) is 5.11 Å². The number of nitriles is 1. The predicted octanol–water partition coefficient (Wildman–Crippen LogP) is 0.332. The maximum Gasteiger partial charge on any atom is 0.116 e. The van der Waals surface area contributed by atoms with Gasteiger partial charge >= 0.3 is 0 Å². The van der Waals surface area contributed by atoms with Crippen LogP contribution < -0.4 is 5.46 Å². The van der Waals surface area contributed by atoms with Gasteiger partial charge in [-0.2, -0.15) is 5.26 Å². The molecule has 2 nitrogen and oxygen atoms in total. The first-order chi connectivity index (χ1) is 6.24. The second-order valence-electron chi connectivity index (χ2n) is 3.26. The summed E-state index contributed by atoms with van der Waals surface area (Å²) >= 11 is 0. The van der Waals surface area contributed by atoms with Crippen molar-refractivity contribution >= 4 is 13.3 Å². The number of aliphatic hydroxyl groups excluding tert-OH is 1. The zero-order chi connectivity index (χ0) is 9.42. The molecule has 0 saturated heterocycles. The summed E-state index contributed by atoms with van der Waals surface area (Å²) in [5.74, 6) is 0. The fourth-order valence-electron chi connectivity index (χ4n) is 1.81. The van der Waals surface area contributed by atoms with E-state index < -0.39 is 6.10 Å². The van der Waals surface area contributed by atoms with E-state index in [1.54, 1.807) is 12.1 Å². The molecule has 0 bridgehead atoms. The minimum Gasteiger partial charge on any atom is -0.388 e. The quantitative estimate of drug-likeness (QED) is 0.568. The van der Waals surface area contributed by atoms with Gasteiger partial charge in [-0.15, -0.1) is 0 Å². The zero-order valence-electron chi connectivity index (χ0n) is 7.12. The van der Waals surface area contributed by atoms with Gasteiger partial charge in [-0.25, -0.2) is 0 Å². The SMILES string of the molecule is [B]c1c(C#N)ccc2c1CC[C@@H]2O. The monoisotopic (exact) mass is 169 g/mol.